The second-order valence-electron chi connectivity index (χ2n) is 5.72. The van der Waals surface area contributed by atoms with Crippen molar-refractivity contribution in [3.63, 3.8) is 0 Å². The van der Waals surface area contributed by atoms with Gasteiger partial charge in [0.2, 0.25) is 0 Å². The second kappa shape index (κ2) is 3.14. The summed E-state index contributed by atoms with van der Waals surface area (Å²) in [6.45, 7) is 4.55. The molecule has 4 rings (SSSR count). The highest BCUT2D eigenvalue weighted by atomic mass is 14.9. The van der Waals surface area contributed by atoms with Gasteiger partial charge in [-0.3, -0.25) is 0 Å². The van der Waals surface area contributed by atoms with Gasteiger partial charge in [0, 0.05) is 29.1 Å². The molecular formula is C15H18N2. The summed E-state index contributed by atoms with van der Waals surface area (Å²) in [5, 5.41) is 5.01. The average molecular weight is 226 g/mol. The molecule has 88 valence electrons. The number of hydrogen-bond acceptors (Lipinski definition) is 1. The van der Waals surface area contributed by atoms with Gasteiger partial charge < -0.3 is 10.3 Å². The van der Waals surface area contributed by atoms with Crippen LogP contribution in [0.2, 0.25) is 0 Å². The van der Waals surface area contributed by atoms with E-state index in [1.165, 1.54) is 42.4 Å². The standard InChI is InChI=1S/C15H18N2/c1-10-3-2-4-12-13(8-17-14(10)12)15-7-11(15)5-6-16-9-15/h2-4,8,11,16-17H,5-7,9H2,1H3. The quantitative estimate of drug-likeness (QED) is 0.769. The molecule has 2 fully saturated rings. The third kappa shape index (κ3) is 1.19. The lowest BCUT2D eigenvalue weighted by molar-refractivity contribution is 0.449. The van der Waals surface area contributed by atoms with E-state index in [-0.39, 0.29) is 0 Å². The summed E-state index contributed by atoms with van der Waals surface area (Å²) in [5.41, 5.74) is 4.68. The number of hydrogen-bond donors (Lipinski definition) is 2. The van der Waals surface area contributed by atoms with E-state index in [0.717, 1.165) is 5.92 Å². The van der Waals surface area contributed by atoms with E-state index < -0.39 is 0 Å². The van der Waals surface area contributed by atoms with Crippen LogP contribution in [0.25, 0.3) is 10.9 Å². The monoisotopic (exact) mass is 226 g/mol. The van der Waals surface area contributed by atoms with Gasteiger partial charge in [-0.25, -0.2) is 0 Å². The van der Waals surface area contributed by atoms with Crippen molar-refractivity contribution in [2.75, 3.05) is 13.1 Å². The number of H-pyrrole nitrogens is 1. The highest BCUT2D eigenvalue weighted by Crippen LogP contribution is 2.58. The van der Waals surface area contributed by atoms with Crippen molar-refractivity contribution < 1.29 is 0 Å². The largest absolute Gasteiger partial charge is 0.361 e. The van der Waals surface area contributed by atoms with Crippen molar-refractivity contribution in [1.29, 1.82) is 0 Å². The van der Waals surface area contributed by atoms with Gasteiger partial charge in [0.1, 0.15) is 0 Å². The predicted octanol–water partition coefficient (Wildman–Crippen LogP) is 2.73. The molecule has 0 radical (unpaired) electrons. The van der Waals surface area contributed by atoms with Crippen molar-refractivity contribution in [3.05, 3.63) is 35.5 Å². The van der Waals surface area contributed by atoms with E-state index >= 15 is 0 Å². The molecule has 0 bridgehead atoms. The summed E-state index contributed by atoms with van der Waals surface area (Å²) in [6, 6.07) is 6.63. The number of nitrogens with one attached hydrogen (secondary N) is 2. The fourth-order valence-electron chi connectivity index (χ4n) is 3.71. The van der Waals surface area contributed by atoms with Crippen molar-refractivity contribution in [3.8, 4) is 0 Å². The summed E-state index contributed by atoms with van der Waals surface area (Å²) in [5.74, 6) is 0.920. The number of fused-ring (bicyclic) bond motifs is 2. The van der Waals surface area contributed by atoms with Gasteiger partial charge >= 0.3 is 0 Å². The molecule has 1 aliphatic carbocycles. The first-order chi connectivity index (χ1) is 8.31. The average Bonchev–Trinajstić information content (AvgIpc) is 2.93. The van der Waals surface area contributed by atoms with Crippen LogP contribution in [0.3, 0.4) is 0 Å². The Labute approximate surface area is 101 Å². The fourth-order valence-corrected chi connectivity index (χ4v) is 3.71. The normalized spacial score (nSPS) is 31.5. The number of piperidine rings is 1. The van der Waals surface area contributed by atoms with Crippen LogP contribution in [0.15, 0.2) is 24.4 Å². The number of aromatic nitrogens is 1. The van der Waals surface area contributed by atoms with Crippen LogP contribution in [-0.2, 0) is 5.41 Å². The lowest BCUT2D eigenvalue weighted by Gasteiger charge is -2.22. The van der Waals surface area contributed by atoms with Crippen LogP contribution in [0.5, 0.6) is 0 Å². The Morgan fingerprint density at radius 1 is 1.35 bits per heavy atom. The van der Waals surface area contributed by atoms with Crippen LogP contribution in [0.4, 0.5) is 0 Å². The SMILES string of the molecule is Cc1cccc2c(C34CNCCC3C4)c[nH]c12. The van der Waals surface area contributed by atoms with E-state index in [1.54, 1.807) is 5.56 Å². The molecule has 2 heterocycles. The van der Waals surface area contributed by atoms with Crippen molar-refractivity contribution in [2.45, 2.75) is 25.2 Å². The molecule has 0 amide bonds. The number of benzene rings is 1. The molecular weight excluding hydrogens is 208 g/mol. The highest BCUT2D eigenvalue weighted by molar-refractivity contribution is 5.87. The summed E-state index contributed by atoms with van der Waals surface area (Å²) in [7, 11) is 0. The number of para-hydroxylation sites is 1. The molecule has 2 nitrogen and oxygen atoms in total. The smallest absolute Gasteiger partial charge is 0.0486 e. The maximum Gasteiger partial charge on any atom is 0.0486 e. The summed E-state index contributed by atoms with van der Waals surface area (Å²) >= 11 is 0. The van der Waals surface area contributed by atoms with Crippen molar-refractivity contribution in [1.82, 2.24) is 10.3 Å². The fraction of sp³-hybridized carbons (Fsp3) is 0.467. The van der Waals surface area contributed by atoms with Gasteiger partial charge in [-0.1, -0.05) is 18.2 Å². The first kappa shape index (κ1) is 9.72. The van der Waals surface area contributed by atoms with Crippen molar-refractivity contribution in [2.24, 2.45) is 5.92 Å². The van der Waals surface area contributed by atoms with Crippen molar-refractivity contribution >= 4 is 10.9 Å². The third-order valence-electron chi connectivity index (χ3n) is 4.80. The maximum absolute atomic E-state index is 3.57. The molecule has 17 heavy (non-hydrogen) atoms. The van der Waals surface area contributed by atoms with Crippen LogP contribution < -0.4 is 5.32 Å². The highest BCUT2D eigenvalue weighted by Gasteiger charge is 2.56. The zero-order valence-corrected chi connectivity index (χ0v) is 10.2. The van der Waals surface area contributed by atoms with Gasteiger partial charge in [-0.05, 0) is 43.4 Å². The third-order valence-corrected chi connectivity index (χ3v) is 4.80. The first-order valence-corrected chi connectivity index (χ1v) is 6.59. The Kier molecular flexibility index (Phi) is 1.79. The van der Waals surface area contributed by atoms with E-state index in [4.69, 9.17) is 0 Å². The lowest BCUT2D eigenvalue weighted by Crippen LogP contribution is -2.34. The molecule has 1 aromatic heterocycles. The molecule has 1 aromatic carbocycles. The maximum atomic E-state index is 3.57. The second-order valence-corrected chi connectivity index (χ2v) is 5.72. The van der Waals surface area contributed by atoms with E-state index in [0.29, 0.717) is 5.41 Å². The van der Waals surface area contributed by atoms with Crippen LogP contribution in [0, 0.1) is 12.8 Å². The molecule has 1 aliphatic heterocycles. The van der Waals surface area contributed by atoms with E-state index in [2.05, 4.69) is 41.6 Å². The molecule has 1 saturated heterocycles. The Morgan fingerprint density at radius 2 is 2.29 bits per heavy atom. The molecule has 2 heteroatoms. The molecule has 0 spiro atoms. The molecule has 2 unspecified atom stereocenters. The van der Waals surface area contributed by atoms with Gasteiger partial charge in [0.15, 0.2) is 0 Å². The molecule has 2 aliphatic rings. The summed E-state index contributed by atoms with van der Waals surface area (Å²) < 4.78 is 0. The topological polar surface area (TPSA) is 27.8 Å². The Morgan fingerprint density at radius 3 is 3.18 bits per heavy atom. The Hall–Kier alpha value is -1.28. The van der Waals surface area contributed by atoms with E-state index in [1.807, 2.05) is 0 Å². The number of rotatable bonds is 1. The van der Waals surface area contributed by atoms with Crippen LogP contribution in [-0.4, -0.2) is 18.1 Å². The number of aromatic amines is 1. The minimum atomic E-state index is 0.449. The molecule has 1 saturated carbocycles. The molecule has 2 aromatic rings. The Bertz CT molecular complexity index is 584. The molecule has 2 N–H and O–H groups in total. The first-order valence-electron chi connectivity index (χ1n) is 6.59. The predicted molar refractivity (Wildman–Crippen MR) is 70.3 cm³/mol. The van der Waals surface area contributed by atoms with Crippen LogP contribution in [0.1, 0.15) is 24.0 Å². The zero-order valence-electron chi connectivity index (χ0n) is 10.2. The lowest BCUT2D eigenvalue weighted by atomic mass is 9.89. The summed E-state index contributed by atoms with van der Waals surface area (Å²) in [4.78, 5) is 3.48. The van der Waals surface area contributed by atoms with Gasteiger partial charge in [0.05, 0.1) is 0 Å². The zero-order chi connectivity index (χ0) is 11.5. The van der Waals surface area contributed by atoms with Gasteiger partial charge in [0.25, 0.3) is 0 Å². The van der Waals surface area contributed by atoms with Gasteiger partial charge in [-0.15, -0.1) is 0 Å². The Balaban J connectivity index is 1.90. The summed E-state index contributed by atoms with van der Waals surface area (Å²) in [6.07, 6.45) is 4.98. The molecule has 2 atom stereocenters. The van der Waals surface area contributed by atoms with E-state index in [9.17, 15) is 0 Å². The van der Waals surface area contributed by atoms with Crippen LogP contribution >= 0.6 is 0 Å². The minimum absolute atomic E-state index is 0.449. The minimum Gasteiger partial charge on any atom is -0.361 e. The van der Waals surface area contributed by atoms with Gasteiger partial charge in [-0.2, -0.15) is 0 Å². The number of aryl methyl sites for hydroxylation is 1.